The van der Waals surface area contributed by atoms with Gasteiger partial charge in [-0.1, -0.05) is 0 Å². The van der Waals surface area contributed by atoms with E-state index in [1.807, 2.05) is 35.7 Å². The van der Waals surface area contributed by atoms with E-state index in [1.54, 1.807) is 7.11 Å². The molecule has 0 saturated carbocycles. The molecule has 0 saturated heterocycles. The molecule has 7 nitrogen and oxygen atoms in total. The quantitative estimate of drug-likeness (QED) is 0.363. The summed E-state index contributed by atoms with van der Waals surface area (Å²) >= 11 is 1.27. The average molecular weight is 396 g/mol. The number of nitriles is 1. The molecule has 0 unspecified atom stereocenters. The number of nitrogens with one attached hydrogen (secondary N) is 1. The van der Waals surface area contributed by atoms with Gasteiger partial charge in [-0.25, -0.2) is 9.37 Å². The Bertz CT molecular complexity index is 1090. The molecule has 3 aromatic rings. The largest absolute Gasteiger partial charge is 0.497 e. The van der Waals surface area contributed by atoms with Crippen LogP contribution in [0.25, 0.3) is 16.8 Å². The minimum absolute atomic E-state index is 0.0751. The highest BCUT2D eigenvalue weighted by Crippen LogP contribution is 2.29. The Morgan fingerprint density at radius 2 is 2.11 bits per heavy atom. The SMILES string of the molecule is COc1ccc(-c2csc(C(C#N)=CNc3ccc(F)cc3[N+](=O)[O-])n2)cc1. The van der Waals surface area contributed by atoms with Crippen LogP contribution in [0.15, 0.2) is 54.0 Å². The van der Waals surface area contributed by atoms with Crippen molar-refractivity contribution in [2.24, 2.45) is 0 Å². The first kappa shape index (κ1) is 19.0. The van der Waals surface area contributed by atoms with Crippen LogP contribution in [-0.2, 0) is 0 Å². The van der Waals surface area contributed by atoms with E-state index in [4.69, 9.17) is 4.74 Å². The fourth-order valence-electron chi connectivity index (χ4n) is 2.36. The van der Waals surface area contributed by atoms with Crippen molar-refractivity contribution in [3.05, 3.63) is 75.0 Å². The van der Waals surface area contributed by atoms with E-state index in [0.717, 1.165) is 23.4 Å². The van der Waals surface area contributed by atoms with Crippen molar-refractivity contribution in [2.45, 2.75) is 0 Å². The standard InChI is InChI=1S/C19H13FN4O3S/c1-27-15-5-2-12(3-6-15)17-11-28-19(23-17)13(9-21)10-22-16-7-4-14(20)8-18(16)24(25)26/h2-8,10-11,22H,1H3. The zero-order valence-electron chi connectivity index (χ0n) is 14.5. The molecule has 0 fully saturated rings. The molecule has 1 heterocycles. The van der Waals surface area contributed by atoms with Crippen molar-refractivity contribution >= 4 is 28.3 Å². The lowest BCUT2D eigenvalue weighted by Crippen LogP contribution is -1.97. The number of allylic oxidation sites excluding steroid dienone is 1. The minimum Gasteiger partial charge on any atom is -0.497 e. The number of halogens is 1. The fourth-order valence-corrected chi connectivity index (χ4v) is 3.16. The molecule has 3 rings (SSSR count). The van der Waals surface area contributed by atoms with Crippen molar-refractivity contribution < 1.29 is 14.1 Å². The van der Waals surface area contributed by atoms with Crippen molar-refractivity contribution in [3.8, 4) is 23.1 Å². The second-order valence-electron chi connectivity index (χ2n) is 5.50. The number of hydrogen-bond donors (Lipinski definition) is 1. The van der Waals surface area contributed by atoms with Gasteiger partial charge >= 0.3 is 0 Å². The van der Waals surface area contributed by atoms with Gasteiger partial charge in [0.2, 0.25) is 0 Å². The highest BCUT2D eigenvalue weighted by atomic mass is 32.1. The fraction of sp³-hybridized carbons (Fsp3) is 0.0526. The van der Waals surface area contributed by atoms with E-state index in [1.165, 1.54) is 23.6 Å². The molecular weight excluding hydrogens is 383 g/mol. The summed E-state index contributed by atoms with van der Waals surface area (Å²) in [5.41, 5.74) is 1.40. The number of nitrogens with zero attached hydrogens (tertiary/aromatic N) is 3. The van der Waals surface area contributed by atoms with Crippen molar-refractivity contribution in [3.63, 3.8) is 0 Å². The molecular formula is C19H13FN4O3S. The zero-order chi connectivity index (χ0) is 20.1. The van der Waals surface area contributed by atoms with E-state index in [-0.39, 0.29) is 11.3 Å². The highest BCUT2D eigenvalue weighted by molar-refractivity contribution is 7.11. The summed E-state index contributed by atoms with van der Waals surface area (Å²) in [4.78, 5) is 14.8. The Labute approximate surface area is 163 Å². The van der Waals surface area contributed by atoms with Crippen LogP contribution in [0.5, 0.6) is 5.75 Å². The molecule has 2 aromatic carbocycles. The van der Waals surface area contributed by atoms with Crippen LogP contribution in [0.1, 0.15) is 5.01 Å². The molecule has 0 aliphatic heterocycles. The molecule has 0 radical (unpaired) electrons. The number of methoxy groups -OCH3 is 1. The number of anilines is 1. The van der Waals surface area contributed by atoms with Gasteiger partial charge in [-0.05, 0) is 36.4 Å². The normalized spacial score (nSPS) is 11.0. The van der Waals surface area contributed by atoms with Gasteiger partial charge in [-0.2, -0.15) is 5.26 Å². The Morgan fingerprint density at radius 3 is 2.75 bits per heavy atom. The number of thiazole rings is 1. The lowest BCUT2D eigenvalue weighted by Gasteiger charge is -2.03. The molecule has 9 heteroatoms. The number of ether oxygens (including phenoxy) is 1. The first-order chi connectivity index (χ1) is 13.5. The maximum Gasteiger partial charge on any atom is 0.295 e. The van der Waals surface area contributed by atoms with Gasteiger partial charge in [0.05, 0.1) is 23.8 Å². The molecule has 140 valence electrons. The van der Waals surface area contributed by atoms with Gasteiger partial charge in [0.15, 0.2) is 0 Å². The van der Waals surface area contributed by atoms with Gasteiger partial charge in [0.25, 0.3) is 5.69 Å². The first-order valence-electron chi connectivity index (χ1n) is 7.93. The summed E-state index contributed by atoms with van der Waals surface area (Å²) in [5.74, 6) is 0.00713. The van der Waals surface area contributed by atoms with Gasteiger partial charge in [-0.3, -0.25) is 10.1 Å². The van der Waals surface area contributed by atoms with E-state index < -0.39 is 16.4 Å². The van der Waals surface area contributed by atoms with Crippen molar-refractivity contribution in [2.75, 3.05) is 12.4 Å². The van der Waals surface area contributed by atoms with Gasteiger partial charge < -0.3 is 10.1 Å². The molecule has 0 spiro atoms. The predicted octanol–water partition coefficient (Wildman–Crippen LogP) is 4.84. The third-order valence-corrected chi connectivity index (χ3v) is 4.64. The Hall–Kier alpha value is -3.77. The maximum atomic E-state index is 13.2. The van der Waals surface area contributed by atoms with E-state index >= 15 is 0 Å². The number of nitro benzene ring substituents is 1. The topological polar surface area (TPSA) is 101 Å². The molecule has 1 aromatic heterocycles. The lowest BCUT2D eigenvalue weighted by molar-refractivity contribution is -0.384. The summed E-state index contributed by atoms with van der Waals surface area (Å²) in [6, 6.07) is 12.5. The summed E-state index contributed by atoms with van der Waals surface area (Å²) in [5, 5.41) is 25.4. The van der Waals surface area contributed by atoms with E-state index in [0.29, 0.717) is 10.7 Å². The van der Waals surface area contributed by atoms with Crippen LogP contribution in [-0.4, -0.2) is 17.0 Å². The second kappa shape index (κ2) is 8.28. The molecule has 28 heavy (non-hydrogen) atoms. The second-order valence-corrected chi connectivity index (χ2v) is 6.36. The number of nitro groups is 1. The van der Waals surface area contributed by atoms with Crippen molar-refractivity contribution in [1.82, 2.24) is 4.98 Å². The smallest absolute Gasteiger partial charge is 0.295 e. The molecule has 0 atom stereocenters. The van der Waals surface area contributed by atoms with Crippen LogP contribution in [0.3, 0.4) is 0 Å². The van der Waals surface area contributed by atoms with Crippen LogP contribution in [0.4, 0.5) is 15.8 Å². The number of aromatic nitrogens is 1. The zero-order valence-corrected chi connectivity index (χ0v) is 15.4. The van der Waals surface area contributed by atoms with Crippen molar-refractivity contribution in [1.29, 1.82) is 5.26 Å². The summed E-state index contributed by atoms with van der Waals surface area (Å²) in [6.07, 6.45) is 1.32. The Kier molecular flexibility index (Phi) is 5.62. The summed E-state index contributed by atoms with van der Waals surface area (Å²) < 4.78 is 18.4. The number of hydrogen-bond acceptors (Lipinski definition) is 7. The molecule has 0 aliphatic rings. The maximum absolute atomic E-state index is 13.2. The van der Waals surface area contributed by atoms with Gasteiger partial charge in [-0.15, -0.1) is 11.3 Å². The predicted molar refractivity (Wildman–Crippen MR) is 104 cm³/mol. The molecule has 0 amide bonds. The Morgan fingerprint density at radius 1 is 1.36 bits per heavy atom. The number of rotatable bonds is 6. The summed E-state index contributed by atoms with van der Waals surface area (Å²) in [6.45, 7) is 0. The lowest BCUT2D eigenvalue weighted by atomic mass is 10.2. The average Bonchev–Trinajstić information content (AvgIpc) is 3.19. The molecule has 1 N–H and O–H groups in total. The monoisotopic (exact) mass is 396 g/mol. The van der Waals surface area contributed by atoms with Crippen LogP contribution >= 0.6 is 11.3 Å². The first-order valence-corrected chi connectivity index (χ1v) is 8.81. The van der Waals surface area contributed by atoms with Crippen LogP contribution < -0.4 is 10.1 Å². The number of benzene rings is 2. The third-order valence-electron chi connectivity index (χ3n) is 3.77. The minimum atomic E-state index is -0.717. The van der Waals surface area contributed by atoms with Crippen LogP contribution in [0.2, 0.25) is 0 Å². The Balaban J connectivity index is 1.85. The van der Waals surface area contributed by atoms with E-state index in [9.17, 15) is 19.8 Å². The molecule has 0 aliphatic carbocycles. The summed E-state index contributed by atoms with van der Waals surface area (Å²) in [7, 11) is 1.58. The highest BCUT2D eigenvalue weighted by Gasteiger charge is 2.15. The molecule has 0 bridgehead atoms. The van der Waals surface area contributed by atoms with Crippen LogP contribution in [0, 0.1) is 27.3 Å². The van der Waals surface area contributed by atoms with Gasteiger partial charge in [0.1, 0.15) is 33.9 Å². The van der Waals surface area contributed by atoms with E-state index in [2.05, 4.69) is 10.3 Å². The van der Waals surface area contributed by atoms with Gasteiger partial charge in [0, 0.05) is 17.1 Å². The third kappa shape index (κ3) is 4.13.